The van der Waals surface area contributed by atoms with Gasteiger partial charge in [0.05, 0.1) is 10.6 Å². The number of anilines is 1. The van der Waals surface area contributed by atoms with Crippen LogP contribution in [-0.2, 0) is 13.0 Å². The number of carbonyl (C=O) groups excluding carboxylic acids is 2. The minimum absolute atomic E-state index is 0. The molecular weight excluding hydrogens is 365 g/mol. The van der Waals surface area contributed by atoms with Gasteiger partial charge in [0.15, 0.2) is 5.69 Å². The fraction of sp³-hybridized carbons (Fsp3) is 0.312. The Balaban J connectivity index is 0.00000225. The standard InChI is InChI=1S/C16H18ClN5O2.ClH/c1-22(2)16(24)10-7-9(3-4-12(10)17)19-15(23)14-11-8-18-6-5-13(11)20-21-14;/h3-4,7,18H,5-6,8H2,1-2H3,(H,19,23)(H,20,21);1H. The first-order valence-electron chi connectivity index (χ1n) is 7.56. The molecule has 1 aliphatic rings. The molecule has 2 amide bonds. The van der Waals surface area contributed by atoms with E-state index < -0.39 is 0 Å². The normalized spacial score (nSPS) is 12.8. The number of hydrogen-bond acceptors (Lipinski definition) is 4. The second-order valence-electron chi connectivity index (χ2n) is 5.80. The topological polar surface area (TPSA) is 90.1 Å². The van der Waals surface area contributed by atoms with Gasteiger partial charge in [-0.1, -0.05) is 11.6 Å². The summed E-state index contributed by atoms with van der Waals surface area (Å²) in [4.78, 5) is 26.1. The number of hydrogen-bond donors (Lipinski definition) is 3. The number of benzene rings is 1. The second-order valence-corrected chi connectivity index (χ2v) is 6.21. The van der Waals surface area contributed by atoms with E-state index in [2.05, 4.69) is 20.8 Å². The van der Waals surface area contributed by atoms with Crippen LogP contribution in [0.3, 0.4) is 0 Å². The van der Waals surface area contributed by atoms with E-state index in [0.717, 1.165) is 24.2 Å². The molecule has 0 bridgehead atoms. The van der Waals surface area contributed by atoms with Crippen molar-refractivity contribution in [1.82, 2.24) is 20.4 Å². The van der Waals surface area contributed by atoms with E-state index in [1.54, 1.807) is 32.3 Å². The Bertz CT molecular complexity index is 804. The van der Waals surface area contributed by atoms with Crippen LogP contribution in [0.25, 0.3) is 0 Å². The van der Waals surface area contributed by atoms with Gasteiger partial charge in [0.25, 0.3) is 11.8 Å². The average Bonchev–Trinajstić information content (AvgIpc) is 3.00. The number of aromatic amines is 1. The Labute approximate surface area is 156 Å². The van der Waals surface area contributed by atoms with E-state index in [9.17, 15) is 9.59 Å². The molecule has 2 aromatic rings. The van der Waals surface area contributed by atoms with E-state index in [-0.39, 0.29) is 24.2 Å². The van der Waals surface area contributed by atoms with E-state index in [0.29, 0.717) is 28.5 Å². The molecule has 0 fully saturated rings. The maximum Gasteiger partial charge on any atom is 0.276 e. The number of aromatic nitrogens is 2. The highest BCUT2D eigenvalue weighted by molar-refractivity contribution is 6.34. The van der Waals surface area contributed by atoms with Gasteiger partial charge in [-0.2, -0.15) is 5.10 Å². The zero-order valence-corrected chi connectivity index (χ0v) is 15.4. The molecule has 9 heteroatoms. The van der Waals surface area contributed by atoms with Gasteiger partial charge in [-0.3, -0.25) is 14.7 Å². The van der Waals surface area contributed by atoms with Crippen LogP contribution in [-0.4, -0.2) is 47.6 Å². The molecule has 7 nitrogen and oxygen atoms in total. The van der Waals surface area contributed by atoms with Gasteiger partial charge >= 0.3 is 0 Å². The van der Waals surface area contributed by atoms with Crippen LogP contribution in [0.4, 0.5) is 5.69 Å². The highest BCUT2D eigenvalue weighted by atomic mass is 35.5. The zero-order chi connectivity index (χ0) is 17.3. The lowest BCUT2D eigenvalue weighted by atomic mass is 10.1. The van der Waals surface area contributed by atoms with Crippen molar-refractivity contribution < 1.29 is 9.59 Å². The Kier molecular flexibility index (Phi) is 6.05. The lowest BCUT2D eigenvalue weighted by molar-refractivity contribution is 0.0827. The first-order valence-corrected chi connectivity index (χ1v) is 7.94. The maximum atomic E-state index is 12.5. The quantitative estimate of drug-likeness (QED) is 0.756. The van der Waals surface area contributed by atoms with Gasteiger partial charge in [-0.15, -0.1) is 12.4 Å². The molecule has 25 heavy (non-hydrogen) atoms. The van der Waals surface area contributed by atoms with Crippen LogP contribution in [0.1, 0.15) is 32.1 Å². The molecule has 0 unspecified atom stereocenters. The van der Waals surface area contributed by atoms with Crippen molar-refractivity contribution in [3.63, 3.8) is 0 Å². The molecule has 3 N–H and O–H groups in total. The molecule has 0 spiro atoms. The summed E-state index contributed by atoms with van der Waals surface area (Å²) in [5.41, 5.74) is 3.07. The predicted octanol–water partition coefficient (Wildman–Crippen LogP) is 2.08. The van der Waals surface area contributed by atoms with Crippen molar-refractivity contribution in [3.05, 3.63) is 45.7 Å². The largest absolute Gasteiger partial charge is 0.345 e. The fourth-order valence-corrected chi connectivity index (χ4v) is 2.81. The second kappa shape index (κ2) is 7.86. The molecule has 1 aromatic carbocycles. The number of H-pyrrole nitrogens is 1. The Hall–Kier alpha value is -2.09. The van der Waals surface area contributed by atoms with Crippen molar-refractivity contribution in [2.24, 2.45) is 0 Å². The fourth-order valence-electron chi connectivity index (χ4n) is 2.61. The summed E-state index contributed by atoms with van der Waals surface area (Å²) in [7, 11) is 3.29. The van der Waals surface area contributed by atoms with Crippen LogP contribution in [0, 0.1) is 0 Å². The number of nitrogens with one attached hydrogen (secondary N) is 3. The summed E-state index contributed by atoms with van der Waals surface area (Å²) in [6.45, 7) is 1.48. The summed E-state index contributed by atoms with van der Waals surface area (Å²) in [6, 6.07) is 4.82. The Morgan fingerprint density at radius 1 is 1.32 bits per heavy atom. The van der Waals surface area contributed by atoms with E-state index in [4.69, 9.17) is 11.6 Å². The van der Waals surface area contributed by atoms with Gasteiger partial charge in [0.2, 0.25) is 0 Å². The molecule has 0 aliphatic carbocycles. The number of rotatable bonds is 3. The molecule has 3 rings (SSSR count). The third-order valence-electron chi connectivity index (χ3n) is 3.88. The van der Waals surface area contributed by atoms with Crippen molar-refractivity contribution in [3.8, 4) is 0 Å². The number of halogens is 2. The molecule has 134 valence electrons. The highest BCUT2D eigenvalue weighted by Gasteiger charge is 2.22. The summed E-state index contributed by atoms with van der Waals surface area (Å²) >= 11 is 6.08. The summed E-state index contributed by atoms with van der Waals surface area (Å²) in [5.74, 6) is -0.542. The summed E-state index contributed by atoms with van der Waals surface area (Å²) < 4.78 is 0. The van der Waals surface area contributed by atoms with Crippen LogP contribution < -0.4 is 10.6 Å². The highest BCUT2D eigenvalue weighted by Crippen LogP contribution is 2.23. The van der Waals surface area contributed by atoms with Crippen molar-refractivity contribution >= 4 is 41.5 Å². The molecule has 2 heterocycles. The van der Waals surface area contributed by atoms with Gasteiger partial charge in [-0.25, -0.2) is 0 Å². The van der Waals surface area contributed by atoms with Crippen LogP contribution >= 0.6 is 24.0 Å². The van der Waals surface area contributed by atoms with E-state index in [1.165, 1.54) is 4.90 Å². The van der Waals surface area contributed by atoms with Crippen molar-refractivity contribution in [1.29, 1.82) is 0 Å². The molecule has 0 saturated heterocycles. The molecule has 1 aromatic heterocycles. The molecular formula is C16H19Cl2N5O2. The third-order valence-corrected chi connectivity index (χ3v) is 4.21. The van der Waals surface area contributed by atoms with Crippen LogP contribution in [0.2, 0.25) is 5.02 Å². The lowest BCUT2D eigenvalue weighted by Crippen LogP contribution is -2.25. The van der Waals surface area contributed by atoms with Gasteiger partial charge in [-0.05, 0) is 18.2 Å². The van der Waals surface area contributed by atoms with Gasteiger partial charge in [0, 0.05) is 50.6 Å². The molecule has 1 aliphatic heterocycles. The number of nitrogens with zero attached hydrogens (tertiary/aromatic N) is 2. The number of fused-ring (bicyclic) bond motifs is 1. The van der Waals surface area contributed by atoms with Crippen LogP contribution in [0.15, 0.2) is 18.2 Å². The van der Waals surface area contributed by atoms with Crippen molar-refractivity contribution in [2.75, 3.05) is 26.0 Å². The SMILES string of the molecule is CN(C)C(=O)c1cc(NC(=O)c2n[nH]c3c2CNCC3)ccc1Cl.Cl. The Morgan fingerprint density at radius 2 is 2.08 bits per heavy atom. The first-order chi connectivity index (χ1) is 11.5. The van der Waals surface area contributed by atoms with E-state index >= 15 is 0 Å². The van der Waals surface area contributed by atoms with Gasteiger partial charge < -0.3 is 15.5 Å². The Morgan fingerprint density at radius 3 is 2.80 bits per heavy atom. The molecule has 0 saturated carbocycles. The monoisotopic (exact) mass is 383 g/mol. The van der Waals surface area contributed by atoms with E-state index in [1.807, 2.05) is 0 Å². The third kappa shape index (κ3) is 3.95. The lowest BCUT2D eigenvalue weighted by Gasteiger charge is -2.14. The smallest absolute Gasteiger partial charge is 0.276 e. The first kappa shape index (κ1) is 19.2. The van der Waals surface area contributed by atoms with Gasteiger partial charge in [0.1, 0.15) is 0 Å². The number of amides is 2. The summed E-state index contributed by atoms with van der Waals surface area (Å²) in [5, 5.41) is 13.4. The molecule has 0 atom stereocenters. The predicted molar refractivity (Wildman–Crippen MR) is 98.7 cm³/mol. The minimum atomic E-state index is -0.318. The molecule has 0 radical (unpaired) electrons. The minimum Gasteiger partial charge on any atom is -0.345 e. The zero-order valence-electron chi connectivity index (χ0n) is 13.9. The number of carbonyl (C=O) groups is 2. The summed E-state index contributed by atoms with van der Waals surface area (Å²) in [6.07, 6.45) is 0.818. The van der Waals surface area contributed by atoms with Crippen LogP contribution in [0.5, 0.6) is 0 Å². The average molecular weight is 384 g/mol. The van der Waals surface area contributed by atoms with Crippen molar-refractivity contribution in [2.45, 2.75) is 13.0 Å². The maximum absolute atomic E-state index is 12.5.